The highest BCUT2D eigenvalue weighted by Gasteiger charge is 2.21. The number of nitrogen functional groups attached to an aromatic ring is 1. The lowest BCUT2D eigenvalue weighted by Gasteiger charge is -2.20. The van der Waals surface area contributed by atoms with Gasteiger partial charge in [0.1, 0.15) is 5.60 Å². The maximum absolute atomic E-state index is 11.7. The van der Waals surface area contributed by atoms with Gasteiger partial charge in [0.05, 0.1) is 11.4 Å². The highest BCUT2D eigenvalue weighted by molar-refractivity contribution is 5.97. The van der Waals surface area contributed by atoms with E-state index in [4.69, 9.17) is 10.5 Å². The topological polar surface area (TPSA) is 74.3 Å². The molecule has 0 amide bonds. The lowest BCUT2D eigenvalue weighted by molar-refractivity contribution is 0.0529. The van der Waals surface area contributed by atoms with Crippen LogP contribution in [0.3, 0.4) is 0 Å². The number of nitrogens with zero attached hydrogens (tertiary/aromatic N) is 1. The second-order valence-corrected chi connectivity index (χ2v) is 4.57. The summed E-state index contributed by atoms with van der Waals surface area (Å²) in [5.74, 6) is -0.234. The maximum atomic E-state index is 11.7. The molecule has 0 saturated heterocycles. The summed E-state index contributed by atoms with van der Waals surface area (Å²) in [5, 5.41) is 0. The summed E-state index contributed by atoms with van der Waals surface area (Å²) in [7, 11) is 0. The van der Waals surface area contributed by atoms with Gasteiger partial charge in [-0.05, 0) is 26.8 Å². The second kappa shape index (κ2) is 4.00. The Balaban J connectivity index is 3.04. The number of hydrogen-bond donors (Lipinski definition) is 1. The number of nitrogens with two attached hydrogens (primary N) is 1. The summed E-state index contributed by atoms with van der Waals surface area (Å²) in [6, 6.07) is 1.45. The van der Waals surface area contributed by atoms with E-state index in [9.17, 15) is 9.59 Å². The number of hydrogen-bond acceptors (Lipinski definition) is 4. The zero-order valence-electron chi connectivity index (χ0n) is 9.90. The molecule has 0 spiro atoms. The third-order valence-electron chi connectivity index (χ3n) is 1.79. The number of rotatable bonds is 1. The predicted molar refractivity (Wildman–Crippen MR) is 60.5 cm³/mol. The standard InChI is InChI=1S/C11H16N2O3/c1-7(14)9-5-8(12)6-13(9)10(15)16-11(2,3)4/h5-6H,12H2,1-4H3. The zero-order chi connectivity index (χ0) is 12.5. The van der Waals surface area contributed by atoms with Crippen LogP contribution in [0.1, 0.15) is 38.2 Å². The number of Topliss-reactive ketones (excluding diaryl/α,β-unsaturated/α-hetero) is 1. The highest BCUT2D eigenvalue weighted by Crippen LogP contribution is 2.15. The average molecular weight is 224 g/mol. The van der Waals surface area contributed by atoms with Crippen molar-refractivity contribution in [2.45, 2.75) is 33.3 Å². The van der Waals surface area contributed by atoms with E-state index in [1.807, 2.05) is 0 Å². The van der Waals surface area contributed by atoms with E-state index < -0.39 is 11.7 Å². The molecule has 1 rings (SSSR count). The minimum absolute atomic E-state index is 0.228. The quantitative estimate of drug-likeness (QED) is 0.741. The number of carbonyl (C=O) groups is 2. The molecule has 0 saturated carbocycles. The fourth-order valence-corrected chi connectivity index (χ4v) is 1.22. The van der Waals surface area contributed by atoms with Gasteiger partial charge in [-0.25, -0.2) is 9.36 Å². The monoisotopic (exact) mass is 224 g/mol. The first kappa shape index (κ1) is 12.3. The number of anilines is 1. The average Bonchev–Trinajstić information content (AvgIpc) is 2.44. The van der Waals surface area contributed by atoms with Gasteiger partial charge in [0.2, 0.25) is 0 Å². The molecular weight excluding hydrogens is 208 g/mol. The molecule has 0 aromatic carbocycles. The Bertz CT molecular complexity index is 427. The van der Waals surface area contributed by atoms with Crippen LogP contribution < -0.4 is 5.73 Å². The van der Waals surface area contributed by atoms with Gasteiger partial charge in [-0.15, -0.1) is 0 Å². The van der Waals surface area contributed by atoms with Gasteiger partial charge in [0.25, 0.3) is 0 Å². The molecule has 1 heterocycles. The second-order valence-electron chi connectivity index (χ2n) is 4.57. The minimum atomic E-state index is -0.607. The van der Waals surface area contributed by atoms with Gasteiger partial charge in [-0.3, -0.25) is 4.79 Å². The van der Waals surface area contributed by atoms with Crippen LogP contribution in [0.5, 0.6) is 0 Å². The Hall–Kier alpha value is -1.78. The molecule has 5 heteroatoms. The van der Waals surface area contributed by atoms with Crippen LogP contribution >= 0.6 is 0 Å². The van der Waals surface area contributed by atoms with Gasteiger partial charge in [0.15, 0.2) is 5.78 Å². The Morgan fingerprint density at radius 2 is 1.94 bits per heavy atom. The molecule has 16 heavy (non-hydrogen) atoms. The molecule has 1 aromatic rings. The first-order chi connectivity index (χ1) is 7.20. The van der Waals surface area contributed by atoms with Crippen LogP contribution in [-0.2, 0) is 4.74 Å². The third kappa shape index (κ3) is 2.85. The molecular formula is C11H16N2O3. The molecule has 0 aliphatic heterocycles. The molecule has 5 nitrogen and oxygen atoms in total. The van der Waals surface area contributed by atoms with E-state index in [0.29, 0.717) is 5.69 Å². The first-order valence-electron chi connectivity index (χ1n) is 4.93. The molecule has 0 aliphatic rings. The molecule has 0 aliphatic carbocycles. The highest BCUT2D eigenvalue weighted by atomic mass is 16.6. The number of carbonyl (C=O) groups excluding carboxylic acids is 2. The summed E-state index contributed by atoms with van der Waals surface area (Å²) in [4.78, 5) is 23.0. The fraction of sp³-hybridized carbons (Fsp3) is 0.455. The van der Waals surface area contributed by atoms with Crippen molar-refractivity contribution < 1.29 is 14.3 Å². The van der Waals surface area contributed by atoms with E-state index in [1.165, 1.54) is 19.2 Å². The SMILES string of the molecule is CC(=O)c1cc(N)cn1C(=O)OC(C)(C)C. The minimum Gasteiger partial charge on any atom is -0.443 e. The molecule has 0 radical (unpaired) electrons. The Morgan fingerprint density at radius 1 is 1.38 bits per heavy atom. The smallest absolute Gasteiger partial charge is 0.419 e. The number of ketones is 1. The molecule has 0 bridgehead atoms. The third-order valence-corrected chi connectivity index (χ3v) is 1.79. The van der Waals surface area contributed by atoms with Crippen molar-refractivity contribution in [3.05, 3.63) is 18.0 Å². The molecule has 1 aromatic heterocycles. The van der Waals surface area contributed by atoms with Crippen molar-refractivity contribution in [3.8, 4) is 0 Å². The lowest BCUT2D eigenvalue weighted by atomic mass is 10.2. The largest absolute Gasteiger partial charge is 0.443 e. The van der Waals surface area contributed by atoms with Gasteiger partial charge in [-0.1, -0.05) is 0 Å². The number of ether oxygens (including phenoxy) is 1. The summed E-state index contributed by atoms with van der Waals surface area (Å²) < 4.78 is 6.27. The van der Waals surface area contributed by atoms with Gasteiger partial charge >= 0.3 is 6.09 Å². The molecule has 0 atom stereocenters. The van der Waals surface area contributed by atoms with Crippen molar-refractivity contribution in [1.29, 1.82) is 0 Å². The lowest BCUT2D eigenvalue weighted by Crippen LogP contribution is -2.28. The normalized spacial score (nSPS) is 11.2. The van der Waals surface area contributed by atoms with Crippen LogP contribution in [0.4, 0.5) is 10.5 Å². The summed E-state index contributed by atoms with van der Waals surface area (Å²) in [6.07, 6.45) is 0.777. The summed E-state index contributed by atoms with van der Waals surface area (Å²) >= 11 is 0. The van der Waals surface area contributed by atoms with E-state index in [2.05, 4.69) is 0 Å². The molecule has 0 fully saturated rings. The van der Waals surface area contributed by atoms with Crippen molar-refractivity contribution in [1.82, 2.24) is 4.57 Å². The van der Waals surface area contributed by atoms with Gasteiger partial charge in [0, 0.05) is 13.1 Å². The maximum Gasteiger partial charge on any atom is 0.419 e. The number of aromatic nitrogens is 1. The van der Waals surface area contributed by atoms with Crippen molar-refractivity contribution in [3.63, 3.8) is 0 Å². The fourth-order valence-electron chi connectivity index (χ4n) is 1.22. The first-order valence-corrected chi connectivity index (χ1v) is 4.93. The Morgan fingerprint density at radius 3 is 2.38 bits per heavy atom. The molecule has 88 valence electrons. The van der Waals surface area contributed by atoms with Gasteiger partial charge < -0.3 is 10.5 Å². The van der Waals surface area contributed by atoms with E-state index in [1.54, 1.807) is 20.8 Å². The van der Waals surface area contributed by atoms with Crippen LogP contribution in [0.15, 0.2) is 12.3 Å². The Labute approximate surface area is 94.2 Å². The summed E-state index contributed by atoms with van der Waals surface area (Å²) in [6.45, 7) is 6.64. The molecule has 0 unspecified atom stereocenters. The van der Waals surface area contributed by atoms with Crippen LogP contribution in [0, 0.1) is 0 Å². The van der Waals surface area contributed by atoms with Crippen molar-refractivity contribution >= 4 is 17.6 Å². The molecule has 2 N–H and O–H groups in total. The summed E-state index contributed by atoms with van der Waals surface area (Å²) in [5.41, 5.74) is 5.52. The van der Waals surface area contributed by atoms with Crippen molar-refractivity contribution in [2.75, 3.05) is 5.73 Å². The zero-order valence-corrected chi connectivity index (χ0v) is 9.90. The van der Waals surface area contributed by atoms with Crippen LogP contribution in [-0.4, -0.2) is 22.0 Å². The van der Waals surface area contributed by atoms with Crippen LogP contribution in [0.2, 0.25) is 0 Å². The van der Waals surface area contributed by atoms with E-state index in [0.717, 1.165) is 4.57 Å². The van der Waals surface area contributed by atoms with Gasteiger partial charge in [-0.2, -0.15) is 0 Å². The predicted octanol–water partition coefficient (Wildman–Crippen LogP) is 2.06. The van der Waals surface area contributed by atoms with E-state index >= 15 is 0 Å². The van der Waals surface area contributed by atoms with Crippen molar-refractivity contribution in [2.24, 2.45) is 0 Å². The Kier molecular flexibility index (Phi) is 3.07. The van der Waals surface area contributed by atoms with E-state index in [-0.39, 0.29) is 11.5 Å². The van der Waals surface area contributed by atoms with Crippen LogP contribution in [0.25, 0.3) is 0 Å².